The molecule has 3 heteroatoms. The number of fused-ring (bicyclic) bond motifs is 3. The van der Waals surface area contributed by atoms with Crippen molar-refractivity contribution in [2.75, 3.05) is 14.2 Å². The van der Waals surface area contributed by atoms with E-state index >= 15 is 0 Å². The highest BCUT2D eigenvalue weighted by molar-refractivity contribution is 6.22. The quantitative estimate of drug-likeness (QED) is 0.363. The van der Waals surface area contributed by atoms with E-state index in [1.807, 2.05) is 72.8 Å². The summed E-state index contributed by atoms with van der Waals surface area (Å²) in [4.78, 5) is 13.2. The van der Waals surface area contributed by atoms with Crippen LogP contribution in [0.2, 0.25) is 0 Å². The van der Waals surface area contributed by atoms with Crippen molar-refractivity contribution in [1.82, 2.24) is 0 Å². The number of carbonyl (C=O) groups is 1. The Kier molecular flexibility index (Phi) is 4.36. The molecule has 5 rings (SSSR count). The summed E-state index contributed by atoms with van der Waals surface area (Å²) < 4.78 is 10.5. The summed E-state index contributed by atoms with van der Waals surface area (Å²) in [6, 6.07) is 28.0. The first-order valence-electron chi connectivity index (χ1n) is 9.80. The molecule has 3 nitrogen and oxygen atoms in total. The molecule has 146 valence electrons. The summed E-state index contributed by atoms with van der Waals surface area (Å²) in [6.45, 7) is 0. The van der Waals surface area contributed by atoms with Gasteiger partial charge in [-0.05, 0) is 69.8 Å². The van der Waals surface area contributed by atoms with Gasteiger partial charge in [0.2, 0.25) is 0 Å². The number of carbonyl (C=O) groups excluding carboxylic acids is 1. The van der Waals surface area contributed by atoms with Gasteiger partial charge in [0.15, 0.2) is 5.78 Å². The molecule has 0 radical (unpaired) electrons. The molecule has 0 saturated carbocycles. The minimum Gasteiger partial charge on any atom is -0.497 e. The molecule has 1 aliphatic carbocycles. The van der Waals surface area contributed by atoms with Crippen LogP contribution in [-0.2, 0) is 0 Å². The van der Waals surface area contributed by atoms with Crippen molar-refractivity contribution in [3.05, 3.63) is 96.1 Å². The fourth-order valence-corrected chi connectivity index (χ4v) is 4.01. The maximum atomic E-state index is 13.2. The van der Waals surface area contributed by atoms with E-state index in [-0.39, 0.29) is 5.78 Å². The highest BCUT2D eigenvalue weighted by atomic mass is 16.5. The van der Waals surface area contributed by atoms with Crippen LogP contribution in [0.5, 0.6) is 11.5 Å². The molecule has 0 spiro atoms. The van der Waals surface area contributed by atoms with Gasteiger partial charge in [0.1, 0.15) is 11.5 Å². The predicted molar refractivity (Wildman–Crippen MR) is 119 cm³/mol. The summed E-state index contributed by atoms with van der Waals surface area (Å²) >= 11 is 0. The number of hydrogen-bond acceptors (Lipinski definition) is 3. The SMILES string of the molecule is COc1ccc(-c2ccc3c(c2)C(=O)c2cc(-c4ccc(OC)cc4)ccc2-3)cc1. The van der Waals surface area contributed by atoms with E-state index in [0.717, 1.165) is 56.0 Å². The van der Waals surface area contributed by atoms with E-state index in [1.54, 1.807) is 14.2 Å². The second-order valence-corrected chi connectivity index (χ2v) is 7.31. The fraction of sp³-hybridized carbons (Fsp3) is 0.0741. The number of ketones is 1. The molecule has 0 saturated heterocycles. The van der Waals surface area contributed by atoms with Crippen molar-refractivity contribution in [3.63, 3.8) is 0 Å². The summed E-state index contributed by atoms with van der Waals surface area (Å²) in [6.07, 6.45) is 0. The predicted octanol–water partition coefficient (Wildman–Crippen LogP) is 6.25. The number of benzene rings is 4. The Balaban J connectivity index is 1.52. The molecule has 0 N–H and O–H groups in total. The van der Waals surface area contributed by atoms with Crippen LogP contribution in [0.3, 0.4) is 0 Å². The average Bonchev–Trinajstić information content (AvgIpc) is 3.10. The second-order valence-electron chi connectivity index (χ2n) is 7.31. The van der Waals surface area contributed by atoms with Crippen molar-refractivity contribution >= 4 is 5.78 Å². The number of ether oxygens (including phenoxy) is 2. The van der Waals surface area contributed by atoms with Crippen molar-refractivity contribution in [1.29, 1.82) is 0 Å². The van der Waals surface area contributed by atoms with Crippen LogP contribution < -0.4 is 9.47 Å². The second kappa shape index (κ2) is 7.20. The fourth-order valence-electron chi connectivity index (χ4n) is 4.01. The molecule has 0 aromatic heterocycles. The van der Waals surface area contributed by atoms with Crippen LogP contribution in [0, 0.1) is 0 Å². The molecule has 0 heterocycles. The van der Waals surface area contributed by atoms with Crippen molar-refractivity contribution in [2.24, 2.45) is 0 Å². The third kappa shape index (κ3) is 2.96. The standard InChI is InChI=1S/C27H20O3/c1-29-21-9-3-17(4-10-21)19-7-13-23-24-14-8-20(16-26(24)27(28)25(23)15-19)18-5-11-22(30-2)12-6-18/h3-16H,1-2H3. The molecule has 0 bridgehead atoms. The molecule has 0 unspecified atom stereocenters. The van der Waals surface area contributed by atoms with E-state index < -0.39 is 0 Å². The van der Waals surface area contributed by atoms with Crippen molar-refractivity contribution in [2.45, 2.75) is 0 Å². The first kappa shape index (κ1) is 18.2. The van der Waals surface area contributed by atoms with E-state index in [1.165, 1.54) is 0 Å². The maximum absolute atomic E-state index is 13.2. The third-order valence-electron chi connectivity index (χ3n) is 5.67. The van der Waals surface area contributed by atoms with Crippen LogP contribution in [0.4, 0.5) is 0 Å². The van der Waals surface area contributed by atoms with Crippen LogP contribution in [-0.4, -0.2) is 20.0 Å². The summed E-state index contributed by atoms with van der Waals surface area (Å²) in [5, 5.41) is 0. The largest absolute Gasteiger partial charge is 0.497 e. The molecule has 30 heavy (non-hydrogen) atoms. The van der Waals surface area contributed by atoms with Gasteiger partial charge in [-0.25, -0.2) is 0 Å². The summed E-state index contributed by atoms with van der Waals surface area (Å²) in [7, 11) is 3.31. The lowest BCUT2D eigenvalue weighted by Gasteiger charge is -2.07. The van der Waals surface area contributed by atoms with Gasteiger partial charge in [0.25, 0.3) is 0 Å². The van der Waals surface area contributed by atoms with Crippen LogP contribution >= 0.6 is 0 Å². The minimum absolute atomic E-state index is 0.0747. The number of hydrogen-bond donors (Lipinski definition) is 0. The van der Waals surface area contributed by atoms with Gasteiger partial charge in [-0.3, -0.25) is 4.79 Å². The van der Waals surface area contributed by atoms with Crippen molar-refractivity contribution < 1.29 is 14.3 Å². The molecule has 0 atom stereocenters. The zero-order valence-electron chi connectivity index (χ0n) is 16.8. The zero-order chi connectivity index (χ0) is 20.7. The molecular weight excluding hydrogens is 372 g/mol. The lowest BCUT2D eigenvalue weighted by Crippen LogP contribution is -1.96. The van der Waals surface area contributed by atoms with Crippen LogP contribution in [0.1, 0.15) is 15.9 Å². The van der Waals surface area contributed by atoms with E-state index in [4.69, 9.17) is 9.47 Å². The molecule has 4 aromatic carbocycles. The van der Waals surface area contributed by atoms with E-state index in [0.29, 0.717) is 0 Å². The summed E-state index contributed by atoms with van der Waals surface area (Å²) in [5.74, 6) is 1.70. The topological polar surface area (TPSA) is 35.5 Å². The van der Waals surface area contributed by atoms with Gasteiger partial charge in [-0.1, -0.05) is 48.5 Å². The van der Waals surface area contributed by atoms with Gasteiger partial charge in [-0.15, -0.1) is 0 Å². The first-order chi connectivity index (χ1) is 14.7. The van der Waals surface area contributed by atoms with Gasteiger partial charge in [0, 0.05) is 11.1 Å². The lowest BCUT2D eigenvalue weighted by atomic mass is 9.98. The maximum Gasteiger partial charge on any atom is 0.194 e. The molecule has 0 fully saturated rings. The summed E-state index contributed by atoms with van der Waals surface area (Å²) in [5.41, 5.74) is 7.65. The average molecular weight is 392 g/mol. The van der Waals surface area contributed by atoms with Gasteiger partial charge < -0.3 is 9.47 Å². The van der Waals surface area contributed by atoms with Crippen LogP contribution in [0.25, 0.3) is 33.4 Å². The third-order valence-corrected chi connectivity index (χ3v) is 5.67. The first-order valence-corrected chi connectivity index (χ1v) is 9.80. The van der Waals surface area contributed by atoms with Crippen LogP contribution in [0.15, 0.2) is 84.9 Å². The van der Waals surface area contributed by atoms with E-state index in [2.05, 4.69) is 12.1 Å². The molecule has 4 aromatic rings. The minimum atomic E-state index is 0.0747. The monoisotopic (exact) mass is 392 g/mol. The molecule has 0 aliphatic heterocycles. The highest BCUT2D eigenvalue weighted by Crippen LogP contribution is 2.40. The Morgan fingerprint density at radius 2 is 0.833 bits per heavy atom. The Hall–Kier alpha value is -3.85. The normalized spacial score (nSPS) is 11.7. The van der Waals surface area contributed by atoms with Gasteiger partial charge >= 0.3 is 0 Å². The molecular formula is C27H20O3. The van der Waals surface area contributed by atoms with Crippen molar-refractivity contribution in [3.8, 4) is 44.9 Å². The Morgan fingerprint density at radius 1 is 0.467 bits per heavy atom. The molecule has 1 aliphatic rings. The van der Waals surface area contributed by atoms with Gasteiger partial charge in [0.05, 0.1) is 14.2 Å². The Bertz CT molecular complexity index is 1150. The smallest absolute Gasteiger partial charge is 0.194 e. The van der Waals surface area contributed by atoms with E-state index in [9.17, 15) is 4.79 Å². The lowest BCUT2D eigenvalue weighted by molar-refractivity contribution is 0.104. The Labute approximate surface area is 175 Å². The Morgan fingerprint density at radius 3 is 1.20 bits per heavy atom. The number of rotatable bonds is 4. The zero-order valence-corrected chi connectivity index (χ0v) is 16.8. The van der Waals surface area contributed by atoms with Gasteiger partial charge in [-0.2, -0.15) is 0 Å². The number of methoxy groups -OCH3 is 2. The molecule has 0 amide bonds. The highest BCUT2D eigenvalue weighted by Gasteiger charge is 2.27.